The van der Waals surface area contributed by atoms with Crippen LogP contribution in [0.5, 0.6) is 5.75 Å². The molecule has 1 N–H and O–H groups in total. The van der Waals surface area contributed by atoms with Gasteiger partial charge in [0.05, 0.1) is 10.9 Å². The maximum Gasteiger partial charge on any atom is 0.260 e. The molecule has 0 aliphatic carbocycles. The van der Waals surface area contributed by atoms with Crippen LogP contribution in [-0.2, 0) is 6.61 Å². The van der Waals surface area contributed by atoms with Crippen LogP contribution < -0.4 is 10.3 Å². The highest BCUT2D eigenvalue weighted by atomic mass is 35.5. The number of hydrogen-bond donors (Lipinski definition) is 1. The molecule has 0 atom stereocenters. The molecule has 0 spiro atoms. The summed E-state index contributed by atoms with van der Waals surface area (Å²) in [6.07, 6.45) is 0. The number of aromatic amines is 1. The van der Waals surface area contributed by atoms with Gasteiger partial charge in [0.2, 0.25) is 0 Å². The number of rotatable bonds is 4. The van der Waals surface area contributed by atoms with Crippen molar-refractivity contribution in [3.63, 3.8) is 0 Å². The zero-order chi connectivity index (χ0) is 18.8. The Labute approximate surface area is 163 Å². The smallest absolute Gasteiger partial charge is 0.260 e. The fourth-order valence-electron chi connectivity index (χ4n) is 2.77. The van der Waals surface area contributed by atoms with Gasteiger partial charge in [-0.1, -0.05) is 41.9 Å². The molecule has 5 nitrogen and oxygen atoms in total. The molecular weight excluding hydrogens is 382 g/mol. The van der Waals surface area contributed by atoms with E-state index in [1.165, 1.54) is 11.3 Å². The van der Waals surface area contributed by atoms with E-state index in [9.17, 15) is 4.79 Å². The van der Waals surface area contributed by atoms with Crippen LogP contribution >= 0.6 is 22.9 Å². The Bertz CT molecular complexity index is 1240. The topological polar surface area (TPSA) is 78.8 Å². The van der Waals surface area contributed by atoms with Crippen LogP contribution in [0.1, 0.15) is 11.4 Å². The summed E-state index contributed by atoms with van der Waals surface area (Å²) in [4.78, 5) is 20.5. The molecule has 2 aromatic heterocycles. The maximum absolute atomic E-state index is 12.7. The van der Waals surface area contributed by atoms with E-state index in [-0.39, 0.29) is 12.2 Å². The van der Waals surface area contributed by atoms with Crippen LogP contribution in [0, 0.1) is 11.3 Å². The van der Waals surface area contributed by atoms with Gasteiger partial charge in [-0.15, -0.1) is 11.3 Å². The number of H-pyrrole nitrogens is 1. The lowest BCUT2D eigenvalue weighted by Gasteiger charge is -2.07. The predicted octanol–water partition coefficient (Wildman–Crippen LogP) is 4.76. The summed E-state index contributed by atoms with van der Waals surface area (Å²) < 4.78 is 5.66. The van der Waals surface area contributed by atoms with Crippen molar-refractivity contribution in [2.75, 3.05) is 0 Å². The van der Waals surface area contributed by atoms with Gasteiger partial charge >= 0.3 is 0 Å². The summed E-state index contributed by atoms with van der Waals surface area (Å²) in [7, 11) is 0. The number of nitriles is 1. The molecule has 0 radical (unpaired) electrons. The lowest BCUT2D eigenvalue weighted by Crippen LogP contribution is -2.13. The fourth-order valence-corrected chi connectivity index (χ4v) is 3.97. The van der Waals surface area contributed by atoms with Crippen molar-refractivity contribution in [2.45, 2.75) is 6.61 Å². The fraction of sp³-hybridized carbons (Fsp3) is 0.0500. The molecule has 0 saturated heterocycles. The van der Waals surface area contributed by atoms with E-state index in [0.717, 1.165) is 11.1 Å². The molecule has 2 aromatic carbocycles. The highest BCUT2D eigenvalue weighted by molar-refractivity contribution is 7.17. The molecule has 0 unspecified atom stereocenters. The number of fused-ring (bicyclic) bond motifs is 1. The minimum Gasteiger partial charge on any atom is -0.484 e. The van der Waals surface area contributed by atoms with Crippen LogP contribution in [-0.4, -0.2) is 9.97 Å². The van der Waals surface area contributed by atoms with Gasteiger partial charge in [0, 0.05) is 21.5 Å². The van der Waals surface area contributed by atoms with Crippen molar-refractivity contribution in [2.24, 2.45) is 0 Å². The molecular formula is C20H12ClN3O2S. The summed E-state index contributed by atoms with van der Waals surface area (Å²) >= 11 is 7.65. The van der Waals surface area contributed by atoms with E-state index in [1.807, 2.05) is 23.6 Å². The lowest BCUT2D eigenvalue weighted by molar-refractivity contribution is 0.295. The first kappa shape index (κ1) is 17.3. The zero-order valence-electron chi connectivity index (χ0n) is 13.9. The second kappa shape index (κ2) is 7.23. The molecule has 0 bridgehead atoms. The molecule has 0 amide bonds. The average molecular weight is 394 g/mol. The average Bonchev–Trinajstić information content (AvgIpc) is 3.11. The van der Waals surface area contributed by atoms with Crippen molar-refractivity contribution in [1.82, 2.24) is 9.97 Å². The molecule has 132 valence electrons. The summed E-state index contributed by atoms with van der Waals surface area (Å²) in [5.41, 5.74) is 1.74. The van der Waals surface area contributed by atoms with Gasteiger partial charge in [-0.3, -0.25) is 4.79 Å². The molecule has 7 heteroatoms. The lowest BCUT2D eigenvalue weighted by atomic mass is 10.1. The quantitative estimate of drug-likeness (QED) is 0.542. The van der Waals surface area contributed by atoms with Crippen LogP contribution in [0.3, 0.4) is 0 Å². The zero-order valence-corrected chi connectivity index (χ0v) is 15.5. The number of halogens is 1. The molecule has 0 fully saturated rings. The van der Waals surface area contributed by atoms with Gasteiger partial charge in [-0.05, 0) is 18.2 Å². The third-order valence-electron chi connectivity index (χ3n) is 4.03. The van der Waals surface area contributed by atoms with E-state index in [0.29, 0.717) is 32.4 Å². The Hall–Kier alpha value is -3.14. The van der Waals surface area contributed by atoms with Crippen LogP contribution in [0.15, 0.2) is 58.7 Å². The summed E-state index contributed by atoms with van der Waals surface area (Å²) in [6, 6.07) is 16.4. The van der Waals surface area contributed by atoms with Crippen LogP contribution in [0.2, 0.25) is 5.02 Å². The summed E-state index contributed by atoms with van der Waals surface area (Å²) in [5.74, 6) is 0.846. The first-order valence-corrected chi connectivity index (χ1v) is 9.30. The third-order valence-corrected chi connectivity index (χ3v) is 5.23. The third kappa shape index (κ3) is 3.31. The number of nitrogens with zero attached hydrogens (tertiary/aromatic N) is 2. The number of para-hydroxylation sites is 1. The van der Waals surface area contributed by atoms with E-state index < -0.39 is 0 Å². The van der Waals surface area contributed by atoms with Crippen molar-refractivity contribution >= 4 is 33.2 Å². The summed E-state index contributed by atoms with van der Waals surface area (Å²) in [6.45, 7) is 0.0587. The first-order valence-electron chi connectivity index (χ1n) is 8.04. The minimum absolute atomic E-state index is 0.0587. The van der Waals surface area contributed by atoms with E-state index in [2.05, 4.69) is 16.0 Å². The van der Waals surface area contributed by atoms with E-state index >= 15 is 0 Å². The van der Waals surface area contributed by atoms with Crippen LogP contribution in [0.25, 0.3) is 21.3 Å². The van der Waals surface area contributed by atoms with Crippen molar-refractivity contribution < 1.29 is 4.74 Å². The highest BCUT2D eigenvalue weighted by Gasteiger charge is 2.15. The van der Waals surface area contributed by atoms with Gasteiger partial charge in [0.15, 0.2) is 0 Å². The highest BCUT2D eigenvalue weighted by Crippen LogP contribution is 2.34. The second-order valence-corrected chi connectivity index (χ2v) is 6.98. The van der Waals surface area contributed by atoms with Gasteiger partial charge in [0.1, 0.15) is 29.1 Å². The van der Waals surface area contributed by atoms with Gasteiger partial charge < -0.3 is 9.72 Å². The number of thiophene rings is 1. The number of hydrogen-bond acceptors (Lipinski definition) is 5. The molecule has 0 aliphatic rings. The summed E-state index contributed by atoms with van der Waals surface area (Å²) in [5, 5.41) is 12.1. The largest absolute Gasteiger partial charge is 0.484 e. The molecule has 4 rings (SSSR count). The van der Waals surface area contributed by atoms with E-state index in [4.69, 9.17) is 21.6 Å². The molecule has 27 heavy (non-hydrogen) atoms. The normalized spacial score (nSPS) is 10.7. The monoisotopic (exact) mass is 393 g/mol. The molecule has 2 heterocycles. The first-order chi connectivity index (χ1) is 13.2. The van der Waals surface area contributed by atoms with Crippen LogP contribution in [0.4, 0.5) is 0 Å². The van der Waals surface area contributed by atoms with Crippen molar-refractivity contribution in [3.8, 4) is 22.9 Å². The number of benzene rings is 2. The molecule has 0 aliphatic heterocycles. The standard InChI is InChI=1S/C20H12ClN3O2S/c21-15-7-3-2-6-13(15)14-11-27-20-18(14)19(25)23-17(24-20)10-26-16-8-4-1-5-12(16)9-22/h1-8,11H,10H2,(H,23,24,25). The Morgan fingerprint density at radius 1 is 1.15 bits per heavy atom. The van der Waals surface area contributed by atoms with Gasteiger partial charge in [-0.2, -0.15) is 5.26 Å². The predicted molar refractivity (Wildman–Crippen MR) is 106 cm³/mol. The number of ether oxygens (including phenoxy) is 1. The number of nitrogens with one attached hydrogen (secondary N) is 1. The maximum atomic E-state index is 12.7. The van der Waals surface area contributed by atoms with Gasteiger partial charge in [0.25, 0.3) is 5.56 Å². The molecule has 0 saturated carbocycles. The molecule has 4 aromatic rings. The second-order valence-electron chi connectivity index (χ2n) is 5.72. The minimum atomic E-state index is -0.247. The van der Waals surface area contributed by atoms with Crippen molar-refractivity contribution in [3.05, 3.63) is 80.7 Å². The Balaban J connectivity index is 1.69. The number of aromatic nitrogens is 2. The Morgan fingerprint density at radius 2 is 1.93 bits per heavy atom. The SMILES string of the molecule is N#Cc1ccccc1OCc1nc2scc(-c3ccccc3Cl)c2c(=O)[nH]1. The Kier molecular flexibility index (Phi) is 4.63. The van der Waals surface area contributed by atoms with E-state index in [1.54, 1.807) is 30.3 Å². The van der Waals surface area contributed by atoms with Crippen molar-refractivity contribution in [1.29, 1.82) is 5.26 Å². The Morgan fingerprint density at radius 3 is 2.74 bits per heavy atom. The van der Waals surface area contributed by atoms with Gasteiger partial charge in [-0.25, -0.2) is 4.98 Å².